The SMILES string of the molecule is CCC[Si](C)(C)N1CCC[Si]1(OCC)OCC. The van der Waals surface area contributed by atoms with E-state index in [0.717, 1.165) is 19.3 Å². The van der Waals surface area contributed by atoms with Gasteiger partial charge in [0.25, 0.3) is 0 Å². The third-order valence-electron chi connectivity index (χ3n) is 3.62. The average molecular weight is 276 g/mol. The standard InChI is InChI=1S/C12H29NO2Si2/c1-6-11-16(4,5)13-10-9-12-17(13,14-7-2)15-8-3/h6-12H2,1-5H3. The summed E-state index contributed by atoms with van der Waals surface area (Å²) in [6.45, 7) is 14.2. The fourth-order valence-corrected chi connectivity index (χ4v) is 13.0. The van der Waals surface area contributed by atoms with Gasteiger partial charge in [-0.3, -0.25) is 0 Å². The zero-order valence-corrected chi connectivity index (χ0v) is 14.2. The van der Waals surface area contributed by atoms with Crippen LogP contribution in [0.25, 0.3) is 0 Å². The van der Waals surface area contributed by atoms with Gasteiger partial charge in [-0.15, -0.1) is 0 Å². The maximum absolute atomic E-state index is 6.15. The molecule has 0 spiro atoms. The minimum absolute atomic E-state index is 0.791. The molecule has 5 heteroatoms. The predicted octanol–water partition coefficient (Wildman–Crippen LogP) is 3.32. The highest BCUT2D eigenvalue weighted by Gasteiger charge is 2.53. The van der Waals surface area contributed by atoms with Crippen molar-refractivity contribution in [3.8, 4) is 0 Å². The monoisotopic (exact) mass is 275 g/mol. The lowest BCUT2D eigenvalue weighted by atomic mass is 10.5. The summed E-state index contributed by atoms with van der Waals surface area (Å²) in [5.41, 5.74) is 0. The second-order valence-corrected chi connectivity index (χ2v) is 13.6. The van der Waals surface area contributed by atoms with Crippen LogP contribution in [-0.2, 0) is 8.85 Å². The molecule has 1 aliphatic rings. The van der Waals surface area contributed by atoms with Crippen molar-refractivity contribution in [3.63, 3.8) is 0 Å². The van der Waals surface area contributed by atoms with E-state index in [1.807, 2.05) is 0 Å². The maximum Gasteiger partial charge on any atom is 0.421 e. The molecule has 0 unspecified atom stereocenters. The Morgan fingerprint density at radius 1 is 1.12 bits per heavy atom. The van der Waals surface area contributed by atoms with Crippen LogP contribution in [0.15, 0.2) is 0 Å². The molecule has 1 saturated heterocycles. The molecule has 102 valence electrons. The molecule has 0 N–H and O–H groups in total. The lowest BCUT2D eigenvalue weighted by Gasteiger charge is -2.43. The van der Waals surface area contributed by atoms with E-state index in [2.05, 4.69) is 38.1 Å². The average Bonchev–Trinajstić information content (AvgIpc) is 2.63. The van der Waals surface area contributed by atoms with Gasteiger partial charge in [0.2, 0.25) is 0 Å². The van der Waals surface area contributed by atoms with Crippen molar-refractivity contribution < 1.29 is 8.85 Å². The maximum atomic E-state index is 6.15. The van der Waals surface area contributed by atoms with E-state index in [9.17, 15) is 0 Å². The molecule has 3 nitrogen and oxygen atoms in total. The summed E-state index contributed by atoms with van der Waals surface area (Å²) in [4.78, 5) is 0. The molecule has 0 aromatic heterocycles. The lowest BCUT2D eigenvalue weighted by Crippen LogP contribution is -2.64. The topological polar surface area (TPSA) is 21.7 Å². The summed E-state index contributed by atoms with van der Waals surface area (Å²) in [5, 5.41) is 0. The van der Waals surface area contributed by atoms with Gasteiger partial charge in [-0.25, -0.2) is 0 Å². The second-order valence-electron chi connectivity index (χ2n) is 5.40. The van der Waals surface area contributed by atoms with Crippen molar-refractivity contribution in [2.24, 2.45) is 0 Å². The molecule has 1 aliphatic heterocycles. The number of nitrogens with zero attached hydrogens (tertiary/aromatic N) is 1. The molecule has 0 atom stereocenters. The number of hydrogen-bond acceptors (Lipinski definition) is 3. The molecular weight excluding hydrogens is 246 g/mol. The smallest absolute Gasteiger partial charge is 0.383 e. The zero-order valence-electron chi connectivity index (χ0n) is 12.2. The predicted molar refractivity (Wildman–Crippen MR) is 77.7 cm³/mol. The van der Waals surface area contributed by atoms with Gasteiger partial charge in [0.1, 0.15) is 8.24 Å². The molecule has 0 radical (unpaired) electrons. The van der Waals surface area contributed by atoms with Gasteiger partial charge in [0.05, 0.1) is 0 Å². The van der Waals surface area contributed by atoms with Gasteiger partial charge < -0.3 is 13.1 Å². The van der Waals surface area contributed by atoms with E-state index in [4.69, 9.17) is 8.85 Å². The van der Waals surface area contributed by atoms with Crippen molar-refractivity contribution in [1.82, 2.24) is 4.23 Å². The summed E-state index contributed by atoms with van der Waals surface area (Å²) in [6.07, 6.45) is 2.53. The highest BCUT2D eigenvalue weighted by Crippen LogP contribution is 2.34. The molecule has 0 aromatic rings. The van der Waals surface area contributed by atoms with Gasteiger partial charge in [-0.1, -0.05) is 26.4 Å². The fraction of sp³-hybridized carbons (Fsp3) is 1.00. The number of rotatable bonds is 7. The van der Waals surface area contributed by atoms with Crippen LogP contribution in [0.5, 0.6) is 0 Å². The van der Waals surface area contributed by atoms with Gasteiger partial charge in [0.15, 0.2) is 0 Å². The first-order valence-electron chi connectivity index (χ1n) is 7.08. The third-order valence-corrected chi connectivity index (χ3v) is 13.4. The molecule has 1 fully saturated rings. The van der Waals surface area contributed by atoms with Crippen LogP contribution in [-0.4, -0.2) is 40.9 Å². The summed E-state index contributed by atoms with van der Waals surface area (Å²) < 4.78 is 15.0. The van der Waals surface area contributed by atoms with Crippen molar-refractivity contribution in [2.45, 2.75) is 58.8 Å². The van der Waals surface area contributed by atoms with Gasteiger partial charge >= 0.3 is 8.72 Å². The molecule has 1 rings (SSSR count). The van der Waals surface area contributed by atoms with Crippen LogP contribution in [0.1, 0.15) is 33.6 Å². The minimum Gasteiger partial charge on any atom is -0.383 e. The summed E-state index contributed by atoms with van der Waals surface area (Å²) in [6, 6.07) is 2.51. The second kappa shape index (κ2) is 6.47. The van der Waals surface area contributed by atoms with E-state index in [-0.39, 0.29) is 0 Å². The van der Waals surface area contributed by atoms with Crippen LogP contribution < -0.4 is 0 Å². The highest BCUT2D eigenvalue weighted by atomic mass is 28.4. The molecule has 0 bridgehead atoms. The molecular formula is C12H29NO2Si2. The molecule has 0 aromatic carbocycles. The van der Waals surface area contributed by atoms with Crippen molar-refractivity contribution in [3.05, 3.63) is 0 Å². The Balaban J connectivity index is 2.87. The van der Waals surface area contributed by atoms with Crippen molar-refractivity contribution in [2.75, 3.05) is 19.8 Å². The van der Waals surface area contributed by atoms with Crippen LogP contribution >= 0.6 is 0 Å². The molecule has 0 amide bonds. The molecule has 0 saturated carbocycles. The quantitative estimate of drug-likeness (QED) is 0.665. The Labute approximate surface area is 109 Å². The third kappa shape index (κ3) is 3.41. The molecule has 17 heavy (non-hydrogen) atoms. The Kier molecular flexibility index (Phi) is 5.85. The largest absolute Gasteiger partial charge is 0.421 e. The first kappa shape index (κ1) is 15.4. The fourth-order valence-electron chi connectivity index (χ4n) is 3.07. The Hall–Kier alpha value is 0.314. The molecule has 1 heterocycles. The first-order valence-corrected chi connectivity index (χ1v) is 12.2. The van der Waals surface area contributed by atoms with E-state index < -0.39 is 17.0 Å². The van der Waals surface area contributed by atoms with E-state index in [1.165, 1.54) is 25.4 Å². The lowest BCUT2D eigenvalue weighted by molar-refractivity contribution is 0.157. The van der Waals surface area contributed by atoms with Gasteiger partial charge in [-0.05, 0) is 32.9 Å². The van der Waals surface area contributed by atoms with Crippen LogP contribution in [0.2, 0.25) is 25.2 Å². The summed E-state index contributed by atoms with van der Waals surface area (Å²) in [5.74, 6) is 0. The first-order chi connectivity index (χ1) is 8.02. The summed E-state index contributed by atoms with van der Waals surface area (Å²) >= 11 is 0. The Morgan fingerprint density at radius 3 is 2.18 bits per heavy atom. The van der Waals surface area contributed by atoms with Crippen molar-refractivity contribution >= 4 is 17.0 Å². The highest BCUT2D eigenvalue weighted by molar-refractivity contribution is 6.87. The van der Waals surface area contributed by atoms with E-state index in [1.54, 1.807) is 0 Å². The van der Waals surface area contributed by atoms with Gasteiger partial charge in [-0.2, -0.15) is 0 Å². The Morgan fingerprint density at radius 2 is 1.71 bits per heavy atom. The number of hydrogen-bond donors (Lipinski definition) is 0. The van der Waals surface area contributed by atoms with Crippen LogP contribution in [0, 0.1) is 0 Å². The van der Waals surface area contributed by atoms with Crippen molar-refractivity contribution in [1.29, 1.82) is 0 Å². The summed E-state index contributed by atoms with van der Waals surface area (Å²) in [7, 11) is -3.37. The normalized spacial score (nSPS) is 21.0. The van der Waals surface area contributed by atoms with E-state index >= 15 is 0 Å². The molecule has 0 aliphatic carbocycles. The van der Waals surface area contributed by atoms with Gasteiger partial charge in [0, 0.05) is 19.3 Å². The zero-order chi connectivity index (χ0) is 12.9. The van der Waals surface area contributed by atoms with E-state index in [0.29, 0.717) is 0 Å². The van der Waals surface area contributed by atoms with Crippen LogP contribution in [0.3, 0.4) is 0 Å². The minimum atomic E-state index is -2.04. The Bertz CT molecular complexity index is 231. The van der Waals surface area contributed by atoms with Crippen LogP contribution in [0.4, 0.5) is 0 Å².